The van der Waals surface area contributed by atoms with Crippen LogP contribution in [0.5, 0.6) is 0 Å². The zero-order valence-electron chi connectivity index (χ0n) is 19.5. The van der Waals surface area contributed by atoms with Crippen LogP contribution in [0.15, 0.2) is 32.9 Å². The second-order valence-electron chi connectivity index (χ2n) is 9.56. The number of aromatic nitrogens is 3. The average molecular weight is 537 g/mol. The van der Waals surface area contributed by atoms with E-state index in [2.05, 4.69) is 9.97 Å². The Hall–Kier alpha value is -2.48. The molecule has 0 amide bonds. The van der Waals surface area contributed by atoms with Crippen LogP contribution in [0.2, 0.25) is 0 Å². The number of nitrogen functional groups attached to an aromatic ring is 1. The Morgan fingerprint density at radius 2 is 1.81 bits per heavy atom. The minimum atomic E-state index is -4.72. The van der Waals surface area contributed by atoms with E-state index in [-0.39, 0.29) is 21.6 Å². The maximum atomic E-state index is 13.5. The average Bonchev–Trinajstić information content (AvgIpc) is 3.03. The molecule has 2 aliphatic rings. The number of rotatable bonds is 3. The standard InChI is InChI=1S/C22H26F6N6OS/c1-11-10-20(15(29)13(11)21(23,24)25)5-8-34(9-6-20)19-32-17(30)14(18(35)33(19)2)36-12-4-3-7-31-16(12)22(26,27)28/h3-4,7,11,13,15H,5-6,8-10,29-30H2,1-2H3/t11-,13+,15-/m0/s1. The second-order valence-corrected chi connectivity index (χ2v) is 10.6. The Kier molecular flexibility index (Phi) is 6.73. The number of nitrogens with zero attached hydrogens (tertiary/aromatic N) is 4. The van der Waals surface area contributed by atoms with Gasteiger partial charge in [0.05, 0.1) is 5.92 Å². The molecular formula is C22H26F6N6OS. The highest BCUT2D eigenvalue weighted by Crippen LogP contribution is 2.55. The van der Waals surface area contributed by atoms with E-state index in [9.17, 15) is 31.1 Å². The summed E-state index contributed by atoms with van der Waals surface area (Å²) >= 11 is 0.537. The van der Waals surface area contributed by atoms with Crippen molar-refractivity contribution in [2.75, 3.05) is 23.7 Å². The van der Waals surface area contributed by atoms with Crippen LogP contribution in [0.1, 0.15) is 31.9 Å². The highest BCUT2D eigenvalue weighted by Gasteiger charge is 2.60. The molecular weight excluding hydrogens is 510 g/mol. The van der Waals surface area contributed by atoms with Gasteiger partial charge in [0, 0.05) is 37.3 Å². The quantitative estimate of drug-likeness (QED) is 0.571. The van der Waals surface area contributed by atoms with Crippen LogP contribution in [0.4, 0.5) is 38.1 Å². The van der Waals surface area contributed by atoms with E-state index in [4.69, 9.17) is 11.5 Å². The normalized spacial score (nSPS) is 24.5. The minimum Gasteiger partial charge on any atom is -0.382 e. The lowest BCUT2D eigenvalue weighted by molar-refractivity contribution is -0.187. The molecule has 0 unspecified atom stereocenters. The molecule has 1 aliphatic heterocycles. The molecule has 36 heavy (non-hydrogen) atoms. The van der Waals surface area contributed by atoms with Gasteiger partial charge in [-0.25, -0.2) is 0 Å². The largest absolute Gasteiger partial charge is 0.434 e. The van der Waals surface area contributed by atoms with Crippen molar-refractivity contribution < 1.29 is 26.3 Å². The maximum Gasteiger partial charge on any atom is 0.434 e. The van der Waals surface area contributed by atoms with Crippen LogP contribution in [-0.2, 0) is 13.2 Å². The first-order valence-electron chi connectivity index (χ1n) is 11.3. The van der Waals surface area contributed by atoms with Gasteiger partial charge in [-0.1, -0.05) is 18.7 Å². The zero-order valence-corrected chi connectivity index (χ0v) is 20.3. The van der Waals surface area contributed by atoms with Crippen LogP contribution >= 0.6 is 11.8 Å². The first-order chi connectivity index (χ1) is 16.7. The maximum absolute atomic E-state index is 13.5. The number of hydrogen-bond donors (Lipinski definition) is 2. The van der Waals surface area contributed by atoms with Crippen molar-refractivity contribution in [3.05, 3.63) is 34.4 Å². The molecule has 0 radical (unpaired) electrons. The fourth-order valence-electron chi connectivity index (χ4n) is 5.62. The summed E-state index contributed by atoms with van der Waals surface area (Å²) in [5, 5.41) is 0. The van der Waals surface area contributed by atoms with Gasteiger partial charge in [0.25, 0.3) is 5.56 Å². The van der Waals surface area contributed by atoms with Crippen LogP contribution in [0, 0.1) is 17.3 Å². The zero-order chi connectivity index (χ0) is 26.6. The van der Waals surface area contributed by atoms with Gasteiger partial charge < -0.3 is 16.4 Å². The predicted molar refractivity (Wildman–Crippen MR) is 122 cm³/mol. The molecule has 1 saturated carbocycles. The molecule has 1 aliphatic carbocycles. The number of piperidine rings is 1. The highest BCUT2D eigenvalue weighted by atomic mass is 32.2. The van der Waals surface area contributed by atoms with E-state index >= 15 is 0 Å². The molecule has 0 bridgehead atoms. The van der Waals surface area contributed by atoms with Gasteiger partial charge in [-0.2, -0.15) is 31.3 Å². The molecule has 14 heteroatoms. The van der Waals surface area contributed by atoms with Gasteiger partial charge >= 0.3 is 12.4 Å². The third-order valence-electron chi connectivity index (χ3n) is 7.36. The molecule has 2 aromatic heterocycles. The third kappa shape index (κ3) is 4.64. The summed E-state index contributed by atoms with van der Waals surface area (Å²) in [6.45, 7) is 2.21. The summed E-state index contributed by atoms with van der Waals surface area (Å²) in [7, 11) is 1.43. The number of halogens is 6. The Labute approximate surface area is 207 Å². The van der Waals surface area contributed by atoms with E-state index in [0.29, 0.717) is 44.1 Å². The monoisotopic (exact) mass is 536 g/mol. The highest BCUT2D eigenvalue weighted by molar-refractivity contribution is 7.99. The van der Waals surface area contributed by atoms with Crippen molar-refractivity contribution in [3.63, 3.8) is 0 Å². The van der Waals surface area contributed by atoms with Crippen molar-refractivity contribution in [2.24, 2.45) is 30.0 Å². The lowest BCUT2D eigenvalue weighted by Crippen LogP contribution is -2.51. The molecule has 2 aromatic rings. The molecule has 198 valence electrons. The molecule has 1 spiro atoms. The molecule has 2 fully saturated rings. The molecule has 7 nitrogen and oxygen atoms in total. The smallest absolute Gasteiger partial charge is 0.382 e. The van der Waals surface area contributed by atoms with E-state index < -0.39 is 46.9 Å². The van der Waals surface area contributed by atoms with Crippen LogP contribution < -0.4 is 21.9 Å². The predicted octanol–water partition coefficient (Wildman–Crippen LogP) is 4.06. The van der Waals surface area contributed by atoms with Crippen molar-refractivity contribution in [1.82, 2.24) is 14.5 Å². The van der Waals surface area contributed by atoms with Gasteiger partial charge in [0.2, 0.25) is 5.95 Å². The SMILES string of the molecule is C[C@H]1CC2(CCN(c3nc(N)c(Sc4cccnc4C(F)(F)F)c(=O)n3C)CC2)[C@@H](N)[C@@H]1C(F)(F)F. The van der Waals surface area contributed by atoms with Gasteiger partial charge in [-0.05, 0) is 42.7 Å². The number of alkyl halides is 6. The fraction of sp³-hybridized carbons (Fsp3) is 0.591. The Morgan fingerprint density at radius 3 is 2.36 bits per heavy atom. The Morgan fingerprint density at radius 1 is 1.17 bits per heavy atom. The van der Waals surface area contributed by atoms with Crippen molar-refractivity contribution in [2.45, 2.75) is 54.4 Å². The first-order valence-corrected chi connectivity index (χ1v) is 12.1. The van der Waals surface area contributed by atoms with Crippen molar-refractivity contribution in [1.29, 1.82) is 0 Å². The number of nitrogens with two attached hydrogens (primary N) is 2. The molecule has 4 N–H and O–H groups in total. The van der Waals surface area contributed by atoms with Gasteiger partial charge in [-0.3, -0.25) is 14.3 Å². The molecule has 1 saturated heterocycles. The summed E-state index contributed by atoms with van der Waals surface area (Å²) in [5.41, 5.74) is 9.72. The van der Waals surface area contributed by atoms with E-state index in [1.807, 2.05) is 0 Å². The summed E-state index contributed by atoms with van der Waals surface area (Å²) in [5.74, 6) is -2.19. The summed E-state index contributed by atoms with van der Waals surface area (Å²) in [6.07, 6.45) is -6.93. The minimum absolute atomic E-state index is 0.173. The number of hydrogen-bond acceptors (Lipinski definition) is 7. The summed E-state index contributed by atoms with van der Waals surface area (Å²) < 4.78 is 81.8. The fourth-order valence-corrected chi connectivity index (χ4v) is 6.62. The molecule has 3 heterocycles. The lowest BCUT2D eigenvalue weighted by Gasteiger charge is -2.43. The van der Waals surface area contributed by atoms with Crippen LogP contribution in [0.25, 0.3) is 0 Å². The van der Waals surface area contributed by atoms with Crippen molar-refractivity contribution in [3.8, 4) is 0 Å². The molecule has 0 aromatic carbocycles. The van der Waals surface area contributed by atoms with Crippen molar-refractivity contribution >= 4 is 23.5 Å². The summed E-state index contributed by atoms with van der Waals surface area (Å²) in [4.78, 5) is 22.0. The summed E-state index contributed by atoms with van der Waals surface area (Å²) in [6, 6.07) is 1.50. The topological polar surface area (TPSA) is 103 Å². The second kappa shape index (κ2) is 9.12. The first kappa shape index (κ1) is 26.6. The Balaban J connectivity index is 1.57. The lowest BCUT2D eigenvalue weighted by atomic mass is 9.73. The van der Waals surface area contributed by atoms with Crippen LogP contribution in [0.3, 0.4) is 0 Å². The Bertz CT molecular complexity index is 1190. The molecule has 4 rings (SSSR count). The number of pyridine rings is 1. The van der Waals surface area contributed by atoms with Gasteiger partial charge in [-0.15, -0.1) is 0 Å². The molecule has 3 atom stereocenters. The van der Waals surface area contributed by atoms with Gasteiger partial charge in [0.15, 0.2) is 5.69 Å². The third-order valence-corrected chi connectivity index (χ3v) is 8.50. The number of anilines is 2. The van der Waals surface area contributed by atoms with Crippen LogP contribution in [-0.4, -0.2) is 39.8 Å². The van der Waals surface area contributed by atoms with E-state index in [0.717, 1.165) is 6.20 Å². The van der Waals surface area contributed by atoms with E-state index in [1.54, 1.807) is 11.8 Å². The van der Waals surface area contributed by atoms with E-state index in [1.165, 1.54) is 23.7 Å². The van der Waals surface area contributed by atoms with Gasteiger partial charge in [0.1, 0.15) is 10.7 Å².